The highest BCUT2D eigenvalue weighted by Gasteiger charge is 2.23. The van der Waals surface area contributed by atoms with E-state index in [1.165, 1.54) is 0 Å². The molecule has 0 atom stereocenters. The molecule has 1 aliphatic heterocycles. The number of benzene rings is 1. The lowest BCUT2D eigenvalue weighted by molar-refractivity contribution is 0.0914. The number of hydrogen-bond acceptors (Lipinski definition) is 5. The van der Waals surface area contributed by atoms with Crippen LogP contribution < -0.4 is 10.1 Å². The van der Waals surface area contributed by atoms with Crippen LogP contribution in [-0.2, 0) is 13.0 Å². The Morgan fingerprint density at radius 3 is 2.88 bits per heavy atom. The highest BCUT2D eigenvalue weighted by Crippen LogP contribution is 2.28. The van der Waals surface area contributed by atoms with Crippen molar-refractivity contribution in [1.29, 1.82) is 0 Å². The van der Waals surface area contributed by atoms with Crippen molar-refractivity contribution >= 4 is 16.7 Å². The van der Waals surface area contributed by atoms with E-state index < -0.39 is 0 Å². The van der Waals surface area contributed by atoms with Gasteiger partial charge in [-0.15, -0.1) is 0 Å². The standard InChI is InChI=1S/C18H18N4O2/c23-16(12-24-18-20-7-3-8-21-18)17-13-4-1-2-5-14(13)22-11-10-19-9-6-15(17)22/h1-5,7-8,19H,6,9-12H2. The fourth-order valence-electron chi connectivity index (χ4n) is 3.27. The van der Waals surface area contributed by atoms with E-state index in [1.807, 2.05) is 18.2 Å². The summed E-state index contributed by atoms with van der Waals surface area (Å²) in [4.78, 5) is 20.9. The number of rotatable bonds is 4. The van der Waals surface area contributed by atoms with E-state index >= 15 is 0 Å². The van der Waals surface area contributed by atoms with Gasteiger partial charge >= 0.3 is 6.01 Å². The number of nitrogens with one attached hydrogen (secondary N) is 1. The van der Waals surface area contributed by atoms with Gasteiger partial charge in [-0.05, 0) is 12.1 Å². The fourth-order valence-corrected chi connectivity index (χ4v) is 3.27. The minimum Gasteiger partial charge on any atom is -0.455 e. The largest absolute Gasteiger partial charge is 0.455 e. The van der Waals surface area contributed by atoms with Crippen LogP contribution in [0.1, 0.15) is 16.1 Å². The maximum atomic E-state index is 12.9. The summed E-state index contributed by atoms with van der Waals surface area (Å²) in [5.74, 6) is -0.0331. The molecule has 1 aromatic carbocycles. The van der Waals surface area contributed by atoms with Crippen molar-refractivity contribution in [3.05, 3.63) is 54.0 Å². The molecular weight excluding hydrogens is 304 g/mol. The zero-order valence-electron chi connectivity index (χ0n) is 13.2. The molecule has 0 fully saturated rings. The lowest BCUT2D eigenvalue weighted by atomic mass is 10.1. The lowest BCUT2D eigenvalue weighted by Crippen LogP contribution is -2.18. The number of carbonyl (C=O) groups is 1. The van der Waals surface area contributed by atoms with Crippen LogP contribution in [0.25, 0.3) is 10.9 Å². The van der Waals surface area contributed by atoms with E-state index in [2.05, 4.69) is 25.9 Å². The number of para-hydroxylation sites is 1. The van der Waals surface area contributed by atoms with Crippen LogP contribution in [0.2, 0.25) is 0 Å². The van der Waals surface area contributed by atoms with Crippen LogP contribution in [0.5, 0.6) is 6.01 Å². The number of hydrogen-bond donors (Lipinski definition) is 1. The van der Waals surface area contributed by atoms with Crippen molar-refractivity contribution in [2.45, 2.75) is 13.0 Å². The Morgan fingerprint density at radius 2 is 2.00 bits per heavy atom. The van der Waals surface area contributed by atoms with Crippen molar-refractivity contribution in [2.24, 2.45) is 0 Å². The molecule has 6 nitrogen and oxygen atoms in total. The molecular formula is C18H18N4O2. The predicted molar refractivity (Wildman–Crippen MR) is 90.4 cm³/mol. The molecule has 0 bridgehead atoms. The van der Waals surface area contributed by atoms with Gasteiger partial charge in [0.2, 0.25) is 5.78 Å². The zero-order chi connectivity index (χ0) is 16.4. The van der Waals surface area contributed by atoms with Crippen LogP contribution in [-0.4, -0.2) is 40.0 Å². The Kier molecular flexibility index (Phi) is 3.96. The van der Waals surface area contributed by atoms with Crippen molar-refractivity contribution in [3.63, 3.8) is 0 Å². The maximum absolute atomic E-state index is 12.9. The van der Waals surface area contributed by atoms with Gasteiger partial charge in [0.25, 0.3) is 0 Å². The fraction of sp³-hybridized carbons (Fsp3) is 0.278. The summed E-state index contributed by atoms with van der Waals surface area (Å²) >= 11 is 0. The molecule has 3 aromatic rings. The molecule has 0 radical (unpaired) electrons. The van der Waals surface area contributed by atoms with Gasteiger partial charge in [-0.2, -0.15) is 0 Å². The Labute approximate surface area is 139 Å². The quantitative estimate of drug-likeness (QED) is 0.742. The van der Waals surface area contributed by atoms with E-state index in [9.17, 15) is 4.79 Å². The predicted octanol–water partition coefficient (Wildman–Crippen LogP) is 1.84. The van der Waals surface area contributed by atoms with Gasteiger partial charge in [0.1, 0.15) is 0 Å². The molecule has 122 valence electrons. The first-order valence-corrected chi connectivity index (χ1v) is 8.08. The molecule has 0 saturated carbocycles. The maximum Gasteiger partial charge on any atom is 0.316 e. The summed E-state index contributed by atoms with van der Waals surface area (Å²) in [6, 6.07) is 10.00. The second kappa shape index (κ2) is 6.41. The molecule has 4 rings (SSSR count). The number of ether oxygens (including phenoxy) is 1. The summed E-state index contributed by atoms with van der Waals surface area (Å²) in [5.41, 5.74) is 2.96. The highest BCUT2D eigenvalue weighted by atomic mass is 16.5. The van der Waals surface area contributed by atoms with Crippen molar-refractivity contribution in [1.82, 2.24) is 19.9 Å². The average molecular weight is 322 g/mol. The Morgan fingerprint density at radius 1 is 1.17 bits per heavy atom. The smallest absolute Gasteiger partial charge is 0.316 e. The van der Waals surface area contributed by atoms with Crippen LogP contribution in [0, 0.1) is 0 Å². The first-order valence-electron chi connectivity index (χ1n) is 8.08. The second-order valence-corrected chi connectivity index (χ2v) is 5.73. The van der Waals surface area contributed by atoms with Crippen molar-refractivity contribution in [3.8, 4) is 6.01 Å². The van der Waals surface area contributed by atoms with E-state index in [4.69, 9.17) is 4.74 Å². The summed E-state index contributed by atoms with van der Waals surface area (Å²) in [7, 11) is 0. The molecule has 3 heterocycles. The molecule has 0 unspecified atom stereocenters. The normalized spacial score (nSPS) is 14.2. The van der Waals surface area contributed by atoms with Gasteiger partial charge in [0.15, 0.2) is 6.61 Å². The minimum atomic E-state index is -0.0571. The Bertz CT molecular complexity index is 873. The van der Waals surface area contributed by atoms with Crippen LogP contribution in [0.3, 0.4) is 0 Å². The number of ketones is 1. The SMILES string of the molecule is O=C(COc1ncccn1)c1c2n(c3ccccc13)CCNCC2. The van der Waals surface area contributed by atoms with E-state index in [0.29, 0.717) is 0 Å². The summed E-state index contributed by atoms with van der Waals surface area (Å²) < 4.78 is 7.72. The minimum absolute atomic E-state index is 0.0331. The van der Waals surface area contributed by atoms with Crippen LogP contribution in [0.4, 0.5) is 0 Å². The van der Waals surface area contributed by atoms with Gasteiger partial charge < -0.3 is 14.6 Å². The molecule has 24 heavy (non-hydrogen) atoms. The van der Waals surface area contributed by atoms with Gasteiger partial charge in [-0.25, -0.2) is 9.97 Å². The van der Waals surface area contributed by atoms with Crippen LogP contribution >= 0.6 is 0 Å². The first-order chi connectivity index (χ1) is 11.8. The molecule has 0 saturated heterocycles. The number of aromatic nitrogens is 3. The first kappa shape index (κ1) is 14.8. The Balaban J connectivity index is 1.70. The number of carbonyl (C=O) groups excluding carboxylic acids is 1. The number of Topliss-reactive ketones (excluding diaryl/α,β-unsaturated/α-hetero) is 1. The van der Waals surface area contributed by atoms with Crippen molar-refractivity contribution < 1.29 is 9.53 Å². The Hall–Kier alpha value is -2.73. The number of fused-ring (bicyclic) bond motifs is 3. The topological polar surface area (TPSA) is 69.0 Å². The number of nitrogens with zero attached hydrogens (tertiary/aromatic N) is 3. The molecule has 2 aromatic heterocycles. The van der Waals surface area contributed by atoms with Gasteiger partial charge in [0, 0.05) is 55.0 Å². The van der Waals surface area contributed by atoms with Gasteiger partial charge in [0.05, 0.1) is 5.56 Å². The molecule has 1 N–H and O–H groups in total. The summed E-state index contributed by atoms with van der Waals surface area (Å²) in [6.45, 7) is 2.59. The average Bonchev–Trinajstić information content (AvgIpc) is 2.77. The summed E-state index contributed by atoms with van der Waals surface area (Å²) in [6.07, 6.45) is 4.02. The molecule has 0 aliphatic carbocycles. The monoisotopic (exact) mass is 322 g/mol. The van der Waals surface area contributed by atoms with Gasteiger partial charge in [-0.3, -0.25) is 4.79 Å². The third-order valence-corrected chi connectivity index (χ3v) is 4.28. The zero-order valence-corrected chi connectivity index (χ0v) is 13.2. The summed E-state index contributed by atoms with van der Waals surface area (Å²) in [5, 5.41) is 4.38. The third-order valence-electron chi connectivity index (χ3n) is 4.28. The molecule has 1 aliphatic rings. The molecule has 0 spiro atoms. The van der Waals surface area contributed by atoms with Crippen LogP contribution in [0.15, 0.2) is 42.7 Å². The van der Waals surface area contributed by atoms with E-state index in [1.54, 1.807) is 18.5 Å². The van der Waals surface area contributed by atoms with Gasteiger partial charge in [-0.1, -0.05) is 18.2 Å². The third kappa shape index (κ3) is 2.65. The molecule has 0 amide bonds. The van der Waals surface area contributed by atoms with E-state index in [0.717, 1.165) is 48.2 Å². The highest BCUT2D eigenvalue weighted by molar-refractivity contribution is 6.10. The lowest BCUT2D eigenvalue weighted by Gasteiger charge is -2.07. The van der Waals surface area contributed by atoms with Crippen molar-refractivity contribution in [2.75, 3.05) is 19.7 Å². The second-order valence-electron chi connectivity index (χ2n) is 5.73. The molecule has 6 heteroatoms. The van der Waals surface area contributed by atoms with E-state index in [-0.39, 0.29) is 18.4 Å².